The van der Waals surface area contributed by atoms with Crippen molar-refractivity contribution in [1.29, 1.82) is 0 Å². The van der Waals surface area contributed by atoms with E-state index in [0.29, 0.717) is 25.4 Å². The largest absolute Gasteiger partial charge is 0.467 e. The molecule has 0 aliphatic rings. The van der Waals surface area contributed by atoms with E-state index in [9.17, 15) is 9.59 Å². The molecule has 7 heteroatoms. The fourth-order valence-corrected chi connectivity index (χ4v) is 4.43. The first-order valence-electron chi connectivity index (χ1n) is 13.3. The van der Waals surface area contributed by atoms with Gasteiger partial charge in [-0.15, -0.1) is 0 Å². The first-order valence-corrected chi connectivity index (χ1v) is 13.3. The molecule has 1 aromatic carbocycles. The van der Waals surface area contributed by atoms with Gasteiger partial charge in [0, 0.05) is 31.2 Å². The van der Waals surface area contributed by atoms with Crippen molar-refractivity contribution in [1.82, 2.24) is 14.4 Å². The normalized spacial score (nSPS) is 11.2. The van der Waals surface area contributed by atoms with Crippen LogP contribution in [0.25, 0.3) is 0 Å². The molecule has 0 saturated carbocycles. The van der Waals surface area contributed by atoms with E-state index in [1.807, 2.05) is 42.1 Å². The van der Waals surface area contributed by atoms with Crippen LogP contribution in [-0.2, 0) is 24.9 Å². The van der Waals surface area contributed by atoms with Crippen LogP contribution < -0.4 is 5.32 Å². The Bertz CT molecular complexity index is 1120. The molecule has 0 saturated heterocycles. The maximum Gasteiger partial charge on any atom is 0.322 e. The number of carbonyl (C=O) groups is 2. The van der Waals surface area contributed by atoms with Gasteiger partial charge in [-0.05, 0) is 53.6 Å². The summed E-state index contributed by atoms with van der Waals surface area (Å²) in [7, 11) is 1.96. The van der Waals surface area contributed by atoms with Gasteiger partial charge in [0.15, 0.2) is 0 Å². The molecule has 3 amide bonds. The van der Waals surface area contributed by atoms with Crippen molar-refractivity contribution in [2.45, 2.75) is 72.4 Å². The number of rotatable bonds is 12. The lowest BCUT2D eigenvalue weighted by atomic mass is 9.93. The molecule has 2 aromatic heterocycles. The van der Waals surface area contributed by atoms with Gasteiger partial charge < -0.3 is 24.1 Å². The predicted molar refractivity (Wildman–Crippen MR) is 148 cm³/mol. The molecular formula is C30H42N4O3. The molecule has 0 aliphatic heterocycles. The lowest BCUT2D eigenvalue weighted by molar-refractivity contribution is -0.133. The minimum Gasteiger partial charge on any atom is -0.467 e. The number of unbranched alkanes of at least 4 members (excludes halogenated alkanes) is 1. The molecule has 37 heavy (non-hydrogen) atoms. The molecule has 0 radical (unpaired) electrons. The molecule has 1 N–H and O–H groups in total. The molecule has 0 fully saturated rings. The lowest BCUT2D eigenvalue weighted by Crippen LogP contribution is -2.44. The Labute approximate surface area is 221 Å². The fraction of sp³-hybridized carbons (Fsp3) is 0.467. The highest BCUT2D eigenvalue weighted by Gasteiger charge is 2.24. The molecular weight excluding hydrogens is 464 g/mol. The van der Waals surface area contributed by atoms with Crippen LogP contribution >= 0.6 is 0 Å². The number of aromatic nitrogens is 1. The fourth-order valence-electron chi connectivity index (χ4n) is 4.43. The summed E-state index contributed by atoms with van der Waals surface area (Å²) in [5.41, 5.74) is 4.08. The number of nitrogens with one attached hydrogen (secondary N) is 1. The zero-order chi connectivity index (χ0) is 26.9. The van der Waals surface area contributed by atoms with E-state index in [-0.39, 0.29) is 30.3 Å². The zero-order valence-corrected chi connectivity index (χ0v) is 23.2. The summed E-state index contributed by atoms with van der Waals surface area (Å²) >= 11 is 0. The third-order valence-corrected chi connectivity index (χ3v) is 6.68. The SMILES string of the molecule is CCCCN(CC(=O)N(Cc1ccco1)Cc1cccn1C)C(=O)Nc1c(C(C)C)cccc1C(C)C. The number of para-hydroxylation sites is 1. The molecule has 200 valence electrons. The Kier molecular flexibility index (Phi) is 10.0. The number of hydrogen-bond donors (Lipinski definition) is 1. The van der Waals surface area contributed by atoms with Crippen molar-refractivity contribution in [2.75, 3.05) is 18.4 Å². The topological polar surface area (TPSA) is 70.7 Å². The average molecular weight is 507 g/mol. The van der Waals surface area contributed by atoms with Gasteiger partial charge in [-0.3, -0.25) is 4.79 Å². The van der Waals surface area contributed by atoms with Crippen molar-refractivity contribution in [2.24, 2.45) is 7.05 Å². The van der Waals surface area contributed by atoms with Crippen molar-refractivity contribution in [3.63, 3.8) is 0 Å². The third kappa shape index (κ3) is 7.51. The smallest absolute Gasteiger partial charge is 0.322 e. The summed E-state index contributed by atoms with van der Waals surface area (Å²) in [5, 5.41) is 3.19. The maximum atomic E-state index is 13.6. The number of nitrogens with zero attached hydrogens (tertiary/aromatic N) is 3. The van der Waals surface area contributed by atoms with E-state index in [0.717, 1.165) is 35.3 Å². The van der Waals surface area contributed by atoms with Gasteiger partial charge in [0.25, 0.3) is 0 Å². The van der Waals surface area contributed by atoms with Gasteiger partial charge in [0.1, 0.15) is 12.3 Å². The maximum absolute atomic E-state index is 13.6. The van der Waals surface area contributed by atoms with Gasteiger partial charge in [0.05, 0.1) is 19.4 Å². The van der Waals surface area contributed by atoms with Gasteiger partial charge in [0.2, 0.25) is 5.91 Å². The van der Waals surface area contributed by atoms with E-state index < -0.39 is 0 Å². The first kappa shape index (κ1) is 28.1. The molecule has 3 aromatic rings. The predicted octanol–water partition coefficient (Wildman–Crippen LogP) is 6.73. The van der Waals surface area contributed by atoms with Crippen molar-refractivity contribution < 1.29 is 14.0 Å². The Balaban J connectivity index is 1.84. The summed E-state index contributed by atoms with van der Waals surface area (Å²) in [4.78, 5) is 30.7. The lowest BCUT2D eigenvalue weighted by Gasteiger charge is -2.29. The van der Waals surface area contributed by atoms with E-state index in [2.05, 4.69) is 58.1 Å². The number of aryl methyl sites for hydroxylation is 1. The standard InChI is InChI=1S/C30H42N4O3/c1-7-8-17-33(30(36)31-29-26(22(2)3)14-9-15-27(29)23(4)5)21-28(35)34(20-25-13-11-18-37-25)19-24-12-10-16-32(24)6/h9-16,18,22-23H,7-8,17,19-21H2,1-6H3,(H,31,36). The monoisotopic (exact) mass is 506 g/mol. The summed E-state index contributed by atoms with van der Waals surface area (Å²) < 4.78 is 7.54. The molecule has 0 bridgehead atoms. The van der Waals surface area contributed by atoms with E-state index in [1.54, 1.807) is 16.1 Å². The molecule has 3 rings (SSSR count). The quantitative estimate of drug-likeness (QED) is 0.296. The highest BCUT2D eigenvalue weighted by molar-refractivity contribution is 5.94. The van der Waals surface area contributed by atoms with E-state index in [4.69, 9.17) is 4.42 Å². The van der Waals surface area contributed by atoms with Crippen LogP contribution in [0, 0.1) is 0 Å². The van der Waals surface area contributed by atoms with Crippen molar-refractivity contribution in [3.05, 3.63) is 77.5 Å². The summed E-state index contributed by atoms with van der Waals surface area (Å²) in [5.74, 6) is 1.10. The van der Waals surface area contributed by atoms with Crippen molar-refractivity contribution >= 4 is 17.6 Å². The third-order valence-electron chi connectivity index (χ3n) is 6.68. The number of hydrogen-bond acceptors (Lipinski definition) is 3. The number of urea groups is 1. The minimum atomic E-state index is -0.242. The second kappa shape index (κ2) is 13.2. The highest BCUT2D eigenvalue weighted by Crippen LogP contribution is 2.32. The van der Waals surface area contributed by atoms with Crippen LogP contribution in [0.2, 0.25) is 0 Å². The Morgan fingerprint density at radius 2 is 1.65 bits per heavy atom. The van der Waals surface area contributed by atoms with Crippen molar-refractivity contribution in [3.8, 4) is 0 Å². The van der Waals surface area contributed by atoms with Gasteiger partial charge in [-0.25, -0.2) is 4.79 Å². The van der Waals surface area contributed by atoms with Gasteiger partial charge in [-0.2, -0.15) is 0 Å². The first-order chi connectivity index (χ1) is 17.7. The molecule has 0 atom stereocenters. The second-order valence-corrected chi connectivity index (χ2v) is 10.3. The summed E-state index contributed by atoms with van der Waals surface area (Å²) in [6, 6.07) is 13.6. The molecule has 0 spiro atoms. The summed E-state index contributed by atoms with van der Waals surface area (Å²) in [6.07, 6.45) is 5.32. The van der Waals surface area contributed by atoms with Crippen LogP contribution in [0.5, 0.6) is 0 Å². The molecule has 2 heterocycles. The zero-order valence-electron chi connectivity index (χ0n) is 23.2. The number of amides is 3. The number of furan rings is 1. The second-order valence-electron chi connectivity index (χ2n) is 10.3. The Hall–Kier alpha value is -3.48. The van der Waals surface area contributed by atoms with Crippen LogP contribution in [0.15, 0.2) is 59.3 Å². The van der Waals surface area contributed by atoms with Gasteiger partial charge >= 0.3 is 6.03 Å². The van der Waals surface area contributed by atoms with E-state index >= 15 is 0 Å². The Morgan fingerprint density at radius 3 is 2.19 bits per heavy atom. The van der Waals surface area contributed by atoms with E-state index in [1.165, 1.54) is 0 Å². The minimum absolute atomic E-state index is 0.00216. The average Bonchev–Trinajstić information content (AvgIpc) is 3.52. The number of anilines is 1. The molecule has 0 unspecified atom stereocenters. The molecule has 7 nitrogen and oxygen atoms in total. The number of carbonyl (C=O) groups excluding carboxylic acids is 2. The number of benzene rings is 1. The van der Waals surface area contributed by atoms with Crippen LogP contribution in [-0.4, -0.2) is 39.4 Å². The van der Waals surface area contributed by atoms with Crippen LogP contribution in [0.3, 0.4) is 0 Å². The van der Waals surface area contributed by atoms with Crippen LogP contribution in [0.4, 0.5) is 10.5 Å². The van der Waals surface area contributed by atoms with Crippen LogP contribution in [0.1, 0.15) is 81.9 Å². The highest BCUT2D eigenvalue weighted by atomic mass is 16.3. The molecule has 0 aliphatic carbocycles. The van der Waals surface area contributed by atoms with Gasteiger partial charge in [-0.1, -0.05) is 59.2 Å². The summed E-state index contributed by atoms with van der Waals surface area (Å²) in [6.45, 7) is 11.9. The Morgan fingerprint density at radius 1 is 0.946 bits per heavy atom.